The first-order valence-electron chi connectivity index (χ1n) is 11.5. The minimum absolute atomic E-state index is 0.150. The van der Waals surface area contributed by atoms with Crippen LogP contribution in [-0.2, 0) is 11.2 Å². The lowest BCUT2D eigenvalue weighted by molar-refractivity contribution is -0.130. The van der Waals surface area contributed by atoms with E-state index in [1.54, 1.807) is 13.2 Å². The molecule has 2 aromatic rings. The van der Waals surface area contributed by atoms with E-state index in [1.165, 1.54) is 11.8 Å². The number of carbonyl (C=O) groups excluding carboxylic acids is 1. The van der Waals surface area contributed by atoms with Crippen LogP contribution in [0.4, 0.5) is 0 Å². The van der Waals surface area contributed by atoms with Crippen LogP contribution >= 0.6 is 11.8 Å². The van der Waals surface area contributed by atoms with E-state index in [0.29, 0.717) is 30.8 Å². The van der Waals surface area contributed by atoms with Crippen molar-refractivity contribution in [3.8, 4) is 11.5 Å². The molecular formula is C27H34O5S. The van der Waals surface area contributed by atoms with Gasteiger partial charge in [0.2, 0.25) is 0 Å². The lowest BCUT2D eigenvalue weighted by atomic mass is 9.80. The van der Waals surface area contributed by atoms with Crippen LogP contribution in [0, 0.1) is 5.92 Å². The van der Waals surface area contributed by atoms with Crippen LogP contribution in [0.15, 0.2) is 65.6 Å². The molecule has 0 bridgehead atoms. The fourth-order valence-electron chi connectivity index (χ4n) is 4.35. The summed E-state index contributed by atoms with van der Waals surface area (Å²) in [5, 5.41) is 22.3. The van der Waals surface area contributed by atoms with Gasteiger partial charge in [0.15, 0.2) is 5.78 Å². The average molecular weight is 471 g/mol. The van der Waals surface area contributed by atoms with E-state index in [2.05, 4.69) is 0 Å². The summed E-state index contributed by atoms with van der Waals surface area (Å²) in [5.41, 5.74) is -0.167. The number of hydrogen-bond acceptors (Lipinski definition) is 6. The summed E-state index contributed by atoms with van der Waals surface area (Å²) >= 11 is 1.33. The molecular weight excluding hydrogens is 436 g/mol. The van der Waals surface area contributed by atoms with E-state index in [9.17, 15) is 15.0 Å². The second kappa shape index (κ2) is 12.3. The summed E-state index contributed by atoms with van der Waals surface area (Å²) < 4.78 is 10.9. The third-order valence-electron chi connectivity index (χ3n) is 6.16. The Kier molecular flexibility index (Phi) is 9.41. The van der Waals surface area contributed by atoms with E-state index >= 15 is 0 Å². The van der Waals surface area contributed by atoms with Crippen molar-refractivity contribution >= 4 is 17.5 Å². The van der Waals surface area contributed by atoms with Gasteiger partial charge >= 0.3 is 0 Å². The normalized spacial score (nSPS) is 21.0. The number of hydrogen-bond donors (Lipinski definition) is 2. The molecule has 0 heterocycles. The number of aryl methyl sites for hydroxylation is 1. The van der Waals surface area contributed by atoms with Gasteiger partial charge in [-0.15, -0.1) is 11.8 Å². The Bertz CT molecular complexity index is 912. The van der Waals surface area contributed by atoms with Crippen molar-refractivity contribution in [2.24, 2.45) is 5.92 Å². The van der Waals surface area contributed by atoms with E-state index < -0.39 is 17.6 Å². The molecule has 2 N–H and O–H groups in total. The Morgan fingerprint density at radius 1 is 1.03 bits per heavy atom. The number of Topliss-reactive ketones (excluding diaryl/α,β-unsaturated/α-hetero) is 1. The predicted molar refractivity (Wildman–Crippen MR) is 133 cm³/mol. The van der Waals surface area contributed by atoms with E-state index in [-0.39, 0.29) is 5.78 Å². The topological polar surface area (TPSA) is 76.0 Å². The average Bonchev–Trinajstić information content (AvgIpc) is 3.09. The molecule has 1 aliphatic carbocycles. The first-order valence-corrected chi connectivity index (χ1v) is 12.7. The molecule has 0 saturated heterocycles. The van der Waals surface area contributed by atoms with Gasteiger partial charge in [0.05, 0.1) is 31.3 Å². The number of aliphatic hydroxyl groups excluding tert-OH is 1. The minimum Gasteiger partial charge on any atom is -0.497 e. The van der Waals surface area contributed by atoms with Crippen molar-refractivity contribution in [2.45, 2.75) is 50.2 Å². The molecule has 5 nitrogen and oxygen atoms in total. The lowest BCUT2D eigenvalue weighted by Gasteiger charge is -2.31. The fraction of sp³-hybridized carbons (Fsp3) is 0.444. The second-order valence-electron chi connectivity index (χ2n) is 8.47. The van der Waals surface area contributed by atoms with Gasteiger partial charge in [-0.2, -0.15) is 0 Å². The number of rotatable bonds is 13. The van der Waals surface area contributed by atoms with Crippen LogP contribution in [0.25, 0.3) is 0 Å². The maximum absolute atomic E-state index is 12.9. The summed E-state index contributed by atoms with van der Waals surface area (Å²) in [5.74, 6) is 0.667. The van der Waals surface area contributed by atoms with Gasteiger partial charge in [-0.25, -0.2) is 0 Å². The smallest absolute Gasteiger partial charge is 0.177 e. The molecule has 0 aromatic heterocycles. The summed E-state index contributed by atoms with van der Waals surface area (Å²) in [6, 6.07) is 17.5. The number of unbranched alkanes of at least 4 members (excludes halogenated alkanes) is 1. The van der Waals surface area contributed by atoms with E-state index in [1.807, 2.05) is 60.9 Å². The molecule has 3 atom stereocenters. The van der Waals surface area contributed by atoms with Gasteiger partial charge in [-0.3, -0.25) is 4.79 Å². The number of allylic oxidation sites excluding steroid dienone is 1. The molecule has 2 aromatic carbocycles. The van der Waals surface area contributed by atoms with Gasteiger partial charge in [-0.05, 0) is 80.7 Å². The van der Waals surface area contributed by atoms with Crippen LogP contribution < -0.4 is 9.47 Å². The SMILES string of the molecule is COc1ccc(CCCC(O)C2C(=O)C(SC)=CC2(O)CCCCOc2ccccc2)cc1. The van der Waals surface area contributed by atoms with Gasteiger partial charge in [0.25, 0.3) is 0 Å². The molecule has 0 radical (unpaired) electrons. The van der Waals surface area contributed by atoms with Crippen LogP contribution in [0.5, 0.6) is 11.5 Å². The highest BCUT2D eigenvalue weighted by atomic mass is 32.2. The third-order valence-corrected chi connectivity index (χ3v) is 6.92. The Balaban J connectivity index is 1.51. The molecule has 0 fully saturated rings. The minimum atomic E-state index is -1.32. The summed E-state index contributed by atoms with van der Waals surface area (Å²) in [6.45, 7) is 0.544. The number of aliphatic hydroxyl groups is 2. The zero-order valence-electron chi connectivity index (χ0n) is 19.4. The summed E-state index contributed by atoms with van der Waals surface area (Å²) in [4.78, 5) is 13.5. The van der Waals surface area contributed by atoms with Crippen molar-refractivity contribution in [1.29, 1.82) is 0 Å². The molecule has 178 valence electrons. The number of thioether (sulfide) groups is 1. The largest absolute Gasteiger partial charge is 0.497 e. The zero-order chi connectivity index (χ0) is 23.7. The molecule has 3 unspecified atom stereocenters. The first-order chi connectivity index (χ1) is 16.0. The quantitative estimate of drug-likeness (QED) is 0.410. The Labute approximate surface area is 200 Å². The number of carbonyl (C=O) groups is 1. The number of ether oxygens (including phenoxy) is 2. The molecule has 0 saturated carbocycles. The number of methoxy groups -OCH3 is 1. The molecule has 0 spiro atoms. The standard InChI is InChI=1S/C27H34O5S/c1-31-21-15-13-20(14-16-21)9-8-12-23(28)25-26(29)24(33-2)19-27(25,30)17-6-7-18-32-22-10-4-3-5-11-22/h3-5,10-11,13-16,19,23,25,28,30H,6-9,12,17-18H2,1-2H3. The summed E-state index contributed by atoms with van der Waals surface area (Å²) in [7, 11) is 1.64. The van der Waals surface area contributed by atoms with E-state index in [0.717, 1.165) is 36.3 Å². The monoisotopic (exact) mass is 470 g/mol. The predicted octanol–water partition coefficient (Wildman–Crippen LogP) is 4.81. The Hall–Kier alpha value is -2.28. The fourth-order valence-corrected chi connectivity index (χ4v) is 5.00. The number of ketones is 1. The molecule has 1 aliphatic rings. The Morgan fingerprint density at radius 3 is 2.42 bits per heavy atom. The van der Waals surface area contributed by atoms with Crippen molar-refractivity contribution in [1.82, 2.24) is 0 Å². The molecule has 3 rings (SSSR count). The molecule has 33 heavy (non-hydrogen) atoms. The van der Waals surface area contributed by atoms with Crippen LogP contribution in [0.3, 0.4) is 0 Å². The second-order valence-corrected chi connectivity index (χ2v) is 9.32. The maximum Gasteiger partial charge on any atom is 0.177 e. The van der Waals surface area contributed by atoms with Gasteiger partial charge in [-0.1, -0.05) is 30.3 Å². The number of para-hydroxylation sites is 1. The van der Waals surface area contributed by atoms with Crippen molar-refractivity contribution in [3.05, 3.63) is 71.1 Å². The van der Waals surface area contributed by atoms with Crippen LogP contribution in [-0.4, -0.2) is 47.7 Å². The van der Waals surface area contributed by atoms with Gasteiger partial charge in [0.1, 0.15) is 11.5 Å². The van der Waals surface area contributed by atoms with Crippen LogP contribution in [0.2, 0.25) is 0 Å². The molecule has 0 amide bonds. The first kappa shape index (κ1) is 25.3. The van der Waals surface area contributed by atoms with Gasteiger partial charge < -0.3 is 19.7 Å². The molecule has 0 aliphatic heterocycles. The lowest BCUT2D eigenvalue weighted by Crippen LogP contribution is -2.43. The van der Waals surface area contributed by atoms with E-state index in [4.69, 9.17) is 9.47 Å². The third kappa shape index (κ3) is 6.85. The van der Waals surface area contributed by atoms with Crippen molar-refractivity contribution in [3.63, 3.8) is 0 Å². The molecule has 6 heteroatoms. The number of benzene rings is 2. The maximum atomic E-state index is 12.9. The highest BCUT2D eigenvalue weighted by Gasteiger charge is 2.49. The van der Waals surface area contributed by atoms with Gasteiger partial charge in [0, 0.05) is 4.91 Å². The van der Waals surface area contributed by atoms with Crippen molar-refractivity contribution in [2.75, 3.05) is 20.0 Å². The highest BCUT2D eigenvalue weighted by molar-refractivity contribution is 8.03. The zero-order valence-corrected chi connectivity index (χ0v) is 20.2. The Morgan fingerprint density at radius 2 is 1.76 bits per heavy atom. The van der Waals surface area contributed by atoms with Crippen molar-refractivity contribution < 1.29 is 24.5 Å². The summed E-state index contributed by atoms with van der Waals surface area (Å²) in [6.07, 6.45) is 6.46. The highest BCUT2D eigenvalue weighted by Crippen LogP contribution is 2.41. The van der Waals surface area contributed by atoms with Crippen LogP contribution in [0.1, 0.15) is 37.7 Å².